The molecule has 0 spiro atoms. The Bertz CT molecular complexity index is 1540. The van der Waals surface area contributed by atoms with E-state index in [-0.39, 0.29) is 12.4 Å². The van der Waals surface area contributed by atoms with Crippen molar-refractivity contribution < 1.29 is 18.3 Å². The van der Waals surface area contributed by atoms with Gasteiger partial charge in [0, 0.05) is 44.2 Å². The zero-order valence-electron chi connectivity index (χ0n) is 21.3. The number of nitriles is 1. The lowest BCUT2D eigenvalue weighted by Crippen LogP contribution is -2.49. The van der Waals surface area contributed by atoms with E-state index < -0.39 is 6.17 Å². The molecule has 1 N–H and O–H groups in total. The van der Waals surface area contributed by atoms with Gasteiger partial charge in [-0.1, -0.05) is 6.08 Å². The lowest BCUT2D eigenvalue weighted by Gasteiger charge is -2.33. The number of fused-ring (bicyclic) bond motifs is 3. The van der Waals surface area contributed by atoms with E-state index >= 15 is 0 Å². The Hall–Kier alpha value is -4.23. The number of hydrogen-bond acceptors (Lipinski definition) is 7. The van der Waals surface area contributed by atoms with Crippen molar-refractivity contribution >= 4 is 27.6 Å². The van der Waals surface area contributed by atoms with E-state index in [1.54, 1.807) is 25.1 Å². The number of halogens is 2. The number of likely N-dealkylation sites (N-methyl/N-ethyl adjacent to an activating group) is 1. The SMILES string of the molecule is C=CCN(C)c1cc(F)cc2c1[nH]c1nc(C)nc(-c3ccc(OCCN4CC(F)C4)c(OCC#N)c3)c12. The van der Waals surface area contributed by atoms with Crippen molar-refractivity contribution in [2.75, 3.05) is 51.3 Å². The van der Waals surface area contributed by atoms with Crippen LogP contribution in [0.4, 0.5) is 14.5 Å². The standard InChI is InChI=1S/C28H28F2N6O2/c1-4-8-35(3)22-14-19(29)13-21-25-26(32-17(2)33-28(25)34-27(21)22)18-5-6-23(24(12-18)37-10-7-31)38-11-9-36-15-20(30)16-36/h4-6,12-14,20H,1,8-11,15-16H2,2-3H3,(H,32,33,34). The zero-order chi connectivity index (χ0) is 26.8. The summed E-state index contributed by atoms with van der Waals surface area (Å²) >= 11 is 0. The van der Waals surface area contributed by atoms with Crippen LogP contribution in [0.3, 0.4) is 0 Å². The predicted molar refractivity (Wildman–Crippen MR) is 143 cm³/mol. The number of rotatable bonds is 10. The number of H-pyrrole nitrogens is 1. The fourth-order valence-electron chi connectivity index (χ4n) is 4.73. The summed E-state index contributed by atoms with van der Waals surface area (Å²) in [6.07, 6.45) is 0.983. The molecule has 0 saturated carbocycles. The highest BCUT2D eigenvalue weighted by molar-refractivity contribution is 6.15. The fourth-order valence-corrected chi connectivity index (χ4v) is 4.73. The minimum absolute atomic E-state index is 0.162. The van der Waals surface area contributed by atoms with Gasteiger partial charge in [0.1, 0.15) is 36.1 Å². The van der Waals surface area contributed by atoms with Gasteiger partial charge in [0.15, 0.2) is 18.1 Å². The van der Waals surface area contributed by atoms with Crippen molar-refractivity contribution in [1.29, 1.82) is 5.26 Å². The first-order valence-electron chi connectivity index (χ1n) is 12.3. The van der Waals surface area contributed by atoms with Crippen LogP contribution in [0, 0.1) is 24.1 Å². The highest BCUT2D eigenvalue weighted by Crippen LogP contribution is 2.39. The molecule has 0 amide bonds. The number of aromatic nitrogens is 3. The van der Waals surface area contributed by atoms with E-state index in [0.29, 0.717) is 83.5 Å². The van der Waals surface area contributed by atoms with Gasteiger partial charge in [-0.2, -0.15) is 5.26 Å². The second kappa shape index (κ2) is 10.6. The first kappa shape index (κ1) is 25.4. The summed E-state index contributed by atoms with van der Waals surface area (Å²) in [5.74, 6) is 1.03. The van der Waals surface area contributed by atoms with Crippen molar-refractivity contribution in [2.45, 2.75) is 13.1 Å². The Kier molecular flexibility index (Phi) is 7.11. The normalized spacial score (nSPS) is 13.9. The third kappa shape index (κ3) is 4.97. The molecule has 2 aromatic carbocycles. The Morgan fingerprint density at radius 2 is 2.05 bits per heavy atom. The van der Waals surface area contributed by atoms with Crippen molar-refractivity contribution in [3.63, 3.8) is 0 Å². The van der Waals surface area contributed by atoms with E-state index in [0.717, 1.165) is 5.52 Å². The number of nitrogens with zero attached hydrogens (tertiary/aromatic N) is 5. The molecule has 38 heavy (non-hydrogen) atoms. The third-order valence-corrected chi connectivity index (χ3v) is 6.52. The molecule has 0 atom stereocenters. The monoisotopic (exact) mass is 518 g/mol. The number of likely N-dealkylation sites (tertiary alicyclic amines) is 1. The molecule has 0 unspecified atom stereocenters. The van der Waals surface area contributed by atoms with Gasteiger partial charge in [-0.05, 0) is 37.3 Å². The van der Waals surface area contributed by atoms with E-state index in [9.17, 15) is 8.78 Å². The van der Waals surface area contributed by atoms with Gasteiger partial charge >= 0.3 is 0 Å². The summed E-state index contributed by atoms with van der Waals surface area (Å²) < 4.78 is 39.5. The second-order valence-corrected chi connectivity index (χ2v) is 9.30. The summed E-state index contributed by atoms with van der Waals surface area (Å²) in [7, 11) is 1.87. The summed E-state index contributed by atoms with van der Waals surface area (Å²) in [4.78, 5) is 16.5. The Balaban J connectivity index is 1.57. The number of nitrogens with one attached hydrogen (secondary N) is 1. The lowest BCUT2D eigenvalue weighted by molar-refractivity contribution is 0.0535. The first-order chi connectivity index (χ1) is 18.4. The van der Waals surface area contributed by atoms with Crippen LogP contribution in [-0.2, 0) is 0 Å². The van der Waals surface area contributed by atoms with E-state index in [1.165, 1.54) is 12.1 Å². The number of benzene rings is 2. The first-order valence-corrected chi connectivity index (χ1v) is 12.3. The molecule has 1 aliphatic heterocycles. The van der Waals surface area contributed by atoms with Crippen molar-refractivity contribution in [2.24, 2.45) is 0 Å². The summed E-state index contributed by atoms with van der Waals surface area (Å²) in [5, 5.41) is 10.4. The highest BCUT2D eigenvalue weighted by Gasteiger charge is 2.25. The summed E-state index contributed by atoms with van der Waals surface area (Å²) in [6, 6.07) is 10.3. The molecular weight excluding hydrogens is 490 g/mol. The maximum Gasteiger partial charge on any atom is 0.174 e. The molecule has 10 heteroatoms. The summed E-state index contributed by atoms with van der Waals surface area (Å²) in [6.45, 7) is 7.74. The van der Waals surface area contributed by atoms with Crippen molar-refractivity contribution in [3.05, 3.63) is 54.6 Å². The maximum atomic E-state index is 14.8. The molecule has 1 fully saturated rings. The molecular formula is C28H28F2N6O2. The lowest BCUT2D eigenvalue weighted by atomic mass is 10.0. The minimum Gasteiger partial charge on any atom is -0.488 e. The number of ether oxygens (including phenoxy) is 2. The Labute approximate surface area is 219 Å². The fraction of sp³-hybridized carbons (Fsp3) is 0.321. The molecule has 5 rings (SSSR count). The van der Waals surface area contributed by atoms with Crippen LogP contribution >= 0.6 is 0 Å². The number of alkyl halides is 1. The third-order valence-electron chi connectivity index (χ3n) is 6.52. The Morgan fingerprint density at radius 3 is 2.79 bits per heavy atom. The molecule has 0 bridgehead atoms. The van der Waals surface area contributed by atoms with Crippen LogP contribution in [0.15, 0.2) is 43.0 Å². The minimum atomic E-state index is -0.770. The van der Waals surface area contributed by atoms with Crippen LogP contribution in [0.5, 0.6) is 11.5 Å². The van der Waals surface area contributed by atoms with Gasteiger partial charge < -0.3 is 19.4 Å². The number of aryl methyl sites for hydroxylation is 1. The molecule has 3 heterocycles. The molecule has 0 radical (unpaired) electrons. The quantitative estimate of drug-likeness (QED) is 0.302. The number of aromatic amines is 1. The van der Waals surface area contributed by atoms with Gasteiger partial charge in [0.05, 0.1) is 22.3 Å². The second-order valence-electron chi connectivity index (χ2n) is 9.30. The smallest absolute Gasteiger partial charge is 0.174 e. The van der Waals surface area contributed by atoms with Gasteiger partial charge in [0.25, 0.3) is 0 Å². The van der Waals surface area contributed by atoms with E-state index in [1.807, 2.05) is 29.0 Å². The zero-order valence-corrected chi connectivity index (χ0v) is 21.3. The molecule has 8 nitrogen and oxygen atoms in total. The van der Waals surface area contributed by atoms with Gasteiger partial charge in [-0.25, -0.2) is 18.7 Å². The molecule has 2 aromatic heterocycles. The molecule has 4 aromatic rings. The van der Waals surface area contributed by atoms with Crippen molar-refractivity contribution in [3.8, 4) is 28.8 Å². The van der Waals surface area contributed by atoms with Gasteiger partial charge in [-0.3, -0.25) is 4.90 Å². The maximum absolute atomic E-state index is 14.8. The van der Waals surface area contributed by atoms with Crippen LogP contribution < -0.4 is 14.4 Å². The highest BCUT2D eigenvalue weighted by atomic mass is 19.1. The van der Waals surface area contributed by atoms with E-state index in [2.05, 4.69) is 16.5 Å². The predicted octanol–water partition coefficient (Wildman–Crippen LogP) is 4.78. The van der Waals surface area contributed by atoms with E-state index in [4.69, 9.17) is 19.7 Å². The van der Waals surface area contributed by atoms with Crippen molar-refractivity contribution in [1.82, 2.24) is 19.9 Å². The number of hydrogen-bond donors (Lipinski definition) is 1. The molecule has 196 valence electrons. The van der Waals surface area contributed by atoms with Gasteiger partial charge in [0.2, 0.25) is 0 Å². The largest absolute Gasteiger partial charge is 0.488 e. The average Bonchev–Trinajstić information content (AvgIpc) is 3.23. The van der Waals surface area contributed by atoms with Crippen LogP contribution in [0.1, 0.15) is 5.82 Å². The number of anilines is 1. The van der Waals surface area contributed by atoms with Gasteiger partial charge in [-0.15, -0.1) is 6.58 Å². The Morgan fingerprint density at radius 1 is 1.24 bits per heavy atom. The van der Waals surface area contributed by atoms with Crippen LogP contribution in [0.2, 0.25) is 0 Å². The topological polar surface area (TPSA) is 90.3 Å². The molecule has 1 aliphatic rings. The van der Waals surface area contributed by atoms with Crippen LogP contribution in [0.25, 0.3) is 33.2 Å². The summed E-state index contributed by atoms with van der Waals surface area (Å²) in [5.41, 5.74) is 3.32. The average molecular weight is 519 g/mol. The molecule has 1 saturated heterocycles. The van der Waals surface area contributed by atoms with Crippen LogP contribution in [-0.4, -0.2) is 72.5 Å². The molecule has 0 aliphatic carbocycles.